The molecule has 0 bridgehead atoms. The fourth-order valence-corrected chi connectivity index (χ4v) is 2.28. The summed E-state index contributed by atoms with van der Waals surface area (Å²) in [5.74, 6) is 0. The number of urea groups is 1. The molecule has 0 atom stereocenters. The van der Waals surface area contributed by atoms with E-state index in [0.717, 1.165) is 29.9 Å². The zero-order valence-electron chi connectivity index (χ0n) is 13.5. The van der Waals surface area contributed by atoms with E-state index in [0.29, 0.717) is 13.1 Å². The lowest BCUT2D eigenvalue weighted by Gasteiger charge is -2.08. The van der Waals surface area contributed by atoms with Crippen LogP contribution in [0.3, 0.4) is 0 Å². The van der Waals surface area contributed by atoms with Crippen LogP contribution in [0.5, 0.6) is 0 Å². The van der Waals surface area contributed by atoms with Crippen LogP contribution in [0.2, 0.25) is 0 Å². The predicted molar refractivity (Wildman–Crippen MR) is 87.7 cm³/mol. The van der Waals surface area contributed by atoms with Gasteiger partial charge in [0.25, 0.3) is 0 Å². The highest BCUT2D eigenvalue weighted by atomic mass is 16.2. The number of rotatable bonds is 6. The highest BCUT2D eigenvalue weighted by molar-refractivity contribution is 5.73. The Morgan fingerprint density at radius 2 is 1.86 bits per heavy atom. The van der Waals surface area contributed by atoms with Crippen molar-refractivity contribution >= 4 is 6.03 Å². The van der Waals surface area contributed by atoms with Crippen LogP contribution < -0.4 is 10.6 Å². The number of hydrogen-bond acceptors (Lipinski definition) is 2. The van der Waals surface area contributed by atoms with E-state index in [1.807, 2.05) is 49.7 Å². The molecular weight excluding hydrogens is 276 g/mol. The quantitative estimate of drug-likeness (QED) is 0.806. The lowest BCUT2D eigenvalue weighted by Crippen LogP contribution is -2.35. The van der Waals surface area contributed by atoms with Crippen molar-refractivity contribution in [3.8, 4) is 0 Å². The van der Waals surface area contributed by atoms with Gasteiger partial charge in [-0.3, -0.25) is 4.68 Å². The molecule has 0 spiro atoms. The SMILES string of the molecule is Cc1ccc(CNC(=O)NCCCn2nc(C)cc2C)cc1. The average molecular weight is 300 g/mol. The Labute approximate surface area is 131 Å². The monoisotopic (exact) mass is 300 g/mol. The second-order valence-corrected chi connectivity index (χ2v) is 5.60. The molecule has 0 saturated carbocycles. The van der Waals surface area contributed by atoms with E-state index in [4.69, 9.17) is 0 Å². The Bertz CT molecular complexity index is 616. The summed E-state index contributed by atoms with van der Waals surface area (Å²) in [7, 11) is 0. The van der Waals surface area contributed by atoms with Crippen molar-refractivity contribution < 1.29 is 4.79 Å². The third-order valence-electron chi connectivity index (χ3n) is 3.51. The van der Waals surface area contributed by atoms with Gasteiger partial charge in [-0.05, 0) is 38.8 Å². The lowest BCUT2D eigenvalue weighted by molar-refractivity contribution is 0.240. The average Bonchev–Trinajstić information content (AvgIpc) is 2.81. The molecule has 2 aromatic rings. The van der Waals surface area contributed by atoms with E-state index in [1.165, 1.54) is 5.56 Å². The molecule has 2 amide bonds. The maximum Gasteiger partial charge on any atom is 0.315 e. The minimum Gasteiger partial charge on any atom is -0.338 e. The standard InChI is InChI=1S/C17H24N4O/c1-13-5-7-16(8-6-13)12-19-17(22)18-9-4-10-21-15(3)11-14(2)20-21/h5-8,11H,4,9-10,12H2,1-3H3,(H2,18,19,22). The van der Waals surface area contributed by atoms with Gasteiger partial charge in [-0.25, -0.2) is 4.79 Å². The van der Waals surface area contributed by atoms with Gasteiger partial charge in [-0.2, -0.15) is 5.10 Å². The van der Waals surface area contributed by atoms with Crippen LogP contribution in [0.1, 0.15) is 28.9 Å². The van der Waals surface area contributed by atoms with Gasteiger partial charge < -0.3 is 10.6 Å². The molecule has 1 heterocycles. The van der Waals surface area contributed by atoms with Gasteiger partial charge in [0.2, 0.25) is 0 Å². The number of aryl methyl sites for hydroxylation is 4. The molecule has 0 aliphatic heterocycles. The predicted octanol–water partition coefficient (Wildman–Crippen LogP) is 2.70. The summed E-state index contributed by atoms with van der Waals surface area (Å²) < 4.78 is 1.97. The molecule has 0 saturated heterocycles. The minimum absolute atomic E-state index is 0.131. The summed E-state index contributed by atoms with van der Waals surface area (Å²) in [6.07, 6.45) is 0.861. The van der Waals surface area contributed by atoms with Gasteiger partial charge in [0.05, 0.1) is 5.69 Å². The molecule has 0 aliphatic rings. The summed E-state index contributed by atoms with van der Waals surface area (Å²) in [5.41, 5.74) is 4.50. The first-order valence-corrected chi connectivity index (χ1v) is 7.63. The summed E-state index contributed by atoms with van der Waals surface area (Å²) >= 11 is 0. The molecule has 0 radical (unpaired) electrons. The highest BCUT2D eigenvalue weighted by Crippen LogP contribution is 2.03. The van der Waals surface area contributed by atoms with Crippen LogP contribution in [0.4, 0.5) is 4.79 Å². The third kappa shape index (κ3) is 4.91. The Morgan fingerprint density at radius 1 is 1.14 bits per heavy atom. The molecule has 2 rings (SSSR count). The fraction of sp³-hybridized carbons (Fsp3) is 0.412. The van der Waals surface area contributed by atoms with E-state index >= 15 is 0 Å². The Balaban J connectivity index is 1.63. The Morgan fingerprint density at radius 3 is 2.50 bits per heavy atom. The van der Waals surface area contributed by atoms with E-state index in [9.17, 15) is 4.79 Å². The smallest absolute Gasteiger partial charge is 0.315 e. The molecule has 22 heavy (non-hydrogen) atoms. The molecule has 5 heteroatoms. The number of nitrogens with one attached hydrogen (secondary N) is 2. The lowest BCUT2D eigenvalue weighted by atomic mass is 10.1. The molecule has 0 aliphatic carbocycles. The van der Waals surface area contributed by atoms with Crippen LogP contribution >= 0.6 is 0 Å². The van der Waals surface area contributed by atoms with Gasteiger partial charge in [-0.1, -0.05) is 29.8 Å². The number of nitrogens with zero attached hydrogens (tertiary/aromatic N) is 2. The molecule has 2 N–H and O–H groups in total. The maximum atomic E-state index is 11.7. The van der Waals surface area contributed by atoms with Gasteiger partial charge in [0.1, 0.15) is 0 Å². The van der Waals surface area contributed by atoms with Crippen molar-refractivity contribution in [2.75, 3.05) is 6.54 Å². The fourth-order valence-electron chi connectivity index (χ4n) is 2.28. The number of amides is 2. The number of benzene rings is 1. The molecule has 0 fully saturated rings. The molecular formula is C17H24N4O. The van der Waals surface area contributed by atoms with E-state index < -0.39 is 0 Å². The first kappa shape index (κ1) is 16.1. The number of hydrogen-bond donors (Lipinski definition) is 2. The number of aromatic nitrogens is 2. The first-order valence-electron chi connectivity index (χ1n) is 7.63. The van der Waals surface area contributed by atoms with Crippen LogP contribution in [-0.4, -0.2) is 22.4 Å². The molecule has 1 aromatic heterocycles. The first-order chi connectivity index (χ1) is 10.5. The van der Waals surface area contributed by atoms with Crippen molar-refractivity contribution in [1.29, 1.82) is 0 Å². The van der Waals surface area contributed by atoms with E-state index in [-0.39, 0.29) is 6.03 Å². The van der Waals surface area contributed by atoms with E-state index in [1.54, 1.807) is 0 Å². The van der Waals surface area contributed by atoms with Crippen LogP contribution in [0.25, 0.3) is 0 Å². The number of carbonyl (C=O) groups excluding carboxylic acids is 1. The number of carbonyl (C=O) groups is 1. The maximum absolute atomic E-state index is 11.7. The van der Waals surface area contributed by atoms with Crippen LogP contribution in [-0.2, 0) is 13.1 Å². The van der Waals surface area contributed by atoms with Crippen molar-refractivity contribution in [2.45, 2.75) is 40.3 Å². The topological polar surface area (TPSA) is 59.0 Å². The summed E-state index contributed by atoms with van der Waals surface area (Å²) in [5, 5.41) is 10.1. The van der Waals surface area contributed by atoms with Gasteiger partial charge >= 0.3 is 6.03 Å². The molecule has 0 unspecified atom stereocenters. The van der Waals surface area contributed by atoms with Crippen molar-refractivity contribution in [1.82, 2.24) is 20.4 Å². The molecule has 5 nitrogen and oxygen atoms in total. The van der Waals surface area contributed by atoms with Crippen LogP contribution in [0.15, 0.2) is 30.3 Å². The summed E-state index contributed by atoms with van der Waals surface area (Å²) in [4.78, 5) is 11.7. The normalized spacial score (nSPS) is 10.5. The Kier molecular flexibility index (Phi) is 5.58. The molecule has 1 aromatic carbocycles. The highest BCUT2D eigenvalue weighted by Gasteiger charge is 2.02. The summed E-state index contributed by atoms with van der Waals surface area (Å²) in [6.45, 7) is 8.08. The second kappa shape index (κ2) is 7.64. The van der Waals surface area contributed by atoms with E-state index in [2.05, 4.69) is 21.8 Å². The van der Waals surface area contributed by atoms with Crippen LogP contribution in [0, 0.1) is 20.8 Å². The van der Waals surface area contributed by atoms with Crippen molar-refractivity contribution in [3.05, 3.63) is 52.8 Å². The second-order valence-electron chi connectivity index (χ2n) is 5.60. The largest absolute Gasteiger partial charge is 0.338 e. The zero-order chi connectivity index (χ0) is 15.9. The van der Waals surface area contributed by atoms with Crippen molar-refractivity contribution in [3.63, 3.8) is 0 Å². The Hall–Kier alpha value is -2.30. The van der Waals surface area contributed by atoms with Crippen molar-refractivity contribution in [2.24, 2.45) is 0 Å². The van der Waals surface area contributed by atoms with Gasteiger partial charge in [0.15, 0.2) is 0 Å². The third-order valence-corrected chi connectivity index (χ3v) is 3.51. The van der Waals surface area contributed by atoms with Gasteiger partial charge in [-0.15, -0.1) is 0 Å². The summed E-state index contributed by atoms with van der Waals surface area (Å²) in [6, 6.07) is 10.1. The minimum atomic E-state index is -0.131. The molecule has 118 valence electrons. The zero-order valence-corrected chi connectivity index (χ0v) is 13.5. The van der Waals surface area contributed by atoms with Gasteiger partial charge in [0, 0.05) is 25.3 Å².